The van der Waals surface area contributed by atoms with Crippen LogP contribution in [0.5, 0.6) is 5.75 Å². The lowest BCUT2D eigenvalue weighted by molar-refractivity contribution is -0.153. The van der Waals surface area contributed by atoms with Crippen molar-refractivity contribution in [2.24, 2.45) is 0 Å². The van der Waals surface area contributed by atoms with Crippen LogP contribution in [0.1, 0.15) is 6.92 Å². The second-order valence-corrected chi connectivity index (χ2v) is 11.0. The van der Waals surface area contributed by atoms with Crippen LogP contribution in [-0.4, -0.2) is 63.7 Å². The van der Waals surface area contributed by atoms with Gasteiger partial charge in [0.25, 0.3) is 11.8 Å². The SMILES string of the molecule is CC(=O)OCC1=C(C(=O)OCC(Cl)(Cl)Cl)N2C(=O)C(NC(=O)COc3ccccc3)[C@H]2SC1=CCl. The maximum Gasteiger partial charge on any atom is 0.355 e. The summed E-state index contributed by atoms with van der Waals surface area (Å²) in [5.74, 6) is -2.26. The van der Waals surface area contributed by atoms with Gasteiger partial charge < -0.3 is 19.5 Å². The highest BCUT2D eigenvalue weighted by Crippen LogP contribution is 2.47. The first kappa shape index (κ1) is 27.5. The minimum absolute atomic E-state index is 0.135. The number of hydrogen-bond donors (Lipinski definition) is 1. The molecule has 1 aromatic carbocycles. The van der Waals surface area contributed by atoms with Gasteiger partial charge in [-0.25, -0.2) is 4.79 Å². The first-order valence-electron chi connectivity index (χ1n) is 9.90. The Kier molecular flexibility index (Phi) is 9.22. The average molecular weight is 584 g/mol. The summed E-state index contributed by atoms with van der Waals surface area (Å²) in [6.45, 7) is -0.105. The second-order valence-electron chi connectivity index (χ2n) is 7.14. The molecular formula is C21H18Cl4N2O7S. The van der Waals surface area contributed by atoms with E-state index in [1.807, 2.05) is 0 Å². The van der Waals surface area contributed by atoms with Gasteiger partial charge in [0, 0.05) is 22.9 Å². The minimum atomic E-state index is -1.89. The number of alkyl halides is 3. The topological polar surface area (TPSA) is 111 Å². The highest BCUT2D eigenvalue weighted by Gasteiger charge is 2.55. The van der Waals surface area contributed by atoms with Gasteiger partial charge in [-0.1, -0.05) is 76.4 Å². The van der Waals surface area contributed by atoms with E-state index in [1.165, 1.54) is 12.5 Å². The van der Waals surface area contributed by atoms with E-state index in [2.05, 4.69) is 5.32 Å². The predicted octanol–water partition coefficient (Wildman–Crippen LogP) is 3.28. The van der Waals surface area contributed by atoms with Crippen molar-refractivity contribution < 1.29 is 33.4 Å². The van der Waals surface area contributed by atoms with Gasteiger partial charge in [0.1, 0.15) is 36.1 Å². The van der Waals surface area contributed by atoms with Gasteiger partial charge >= 0.3 is 11.9 Å². The molecule has 2 aliphatic heterocycles. The molecule has 0 spiro atoms. The monoisotopic (exact) mass is 582 g/mol. The second kappa shape index (κ2) is 11.7. The number of rotatable bonds is 8. The number of amides is 2. The summed E-state index contributed by atoms with van der Waals surface area (Å²) in [5, 5.41) is 1.86. The molecule has 2 aliphatic rings. The third kappa shape index (κ3) is 6.98. The summed E-state index contributed by atoms with van der Waals surface area (Å²) in [7, 11) is 0. The third-order valence-electron chi connectivity index (χ3n) is 4.62. The molecule has 0 bridgehead atoms. The number of esters is 2. The number of fused-ring (bicyclic) bond motifs is 1. The van der Waals surface area contributed by atoms with Crippen LogP contribution >= 0.6 is 58.2 Å². The lowest BCUT2D eigenvalue weighted by Crippen LogP contribution is -2.70. The summed E-state index contributed by atoms with van der Waals surface area (Å²) < 4.78 is 13.6. The normalized spacial score (nSPS) is 20.7. The molecule has 2 amide bonds. The van der Waals surface area contributed by atoms with Crippen LogP contribution in [0.2, 0.25) is 0 Å². The maximum absolute atomic E-state index is 13.0. The van der Waals surface area contributed by atoms with Crippen molar-refractivity contribution in [3.63, 3.8) is 0 Å². The molecule has 14 heteroatoms. The fourth-order valence-electron chi connectivity index (χ4n) is 3.14. The number of para-hydroxylation sites is 1. The molecule has 1 fully saturated rings. The van der Waals surface area contributed by atoms with Gasteiger partial charge in [0.15, 0.2) is 6.61 Å². The molecule has 1 N–H and O–H groups in total. The minimum Gasteiger partial charge on any atom is -0.484 e. The quantitative estimate of drug-likeness (QED) is 0.282. The zero-order valence-corrected chi connectivity index (χ0v) is 21.8. The van der Waals surface area contributed by atoms with Crippen LogP contribution in [-0.2, 0) is 28.7 Å². The smallest absolute Gasteiger partial charge is 0.355 e. The van der Waals surface area contributed by atoms with Gasteiger partial charge in [-0.2, -0.15) is 0 Å². The van der Waals surface area contributed by atoms with Crippen molar-refractivity contribution in [1.29, 1.82) is 0 Å². The summed E-state index contributed by atoms with van der Waals surface area (Å²) >= 11 is 24.1. The number of nitrogens with one attached hydrogen (secondary N) is 1. The number of thioether (sulfide) groups is 1. The molecule has 35 heavy (non-hydrogen) atoms. The largest absolute Gasteiger partial charge is 0.484 e. The number of ether oxygens (including phenoxy) is 3. The molecule has 2 atom stereocenters. The first-order chi connectivity index (χ1) is 16.5. The Morgan fingerprint density at radius 3 is 2.46 bits per heavy atom. The number of halogens is 4. The molecule has 0 aromatic heterocycles. The van der Waals surface area contributed by atoms with Crippen LogP contribution in [0.25, 0.3) is 0 Å². The van der Waals surface area contributed by atoms with Crippen molar-refractivity contribution >= 4 is 81.9 Å². The zero-order valence-electron chi connectivity index (χ0n) is 18.0. The van der Waals surface area contributed by atoms with Crippen LogP contribution < -0.4 is 10.1 Å². The molecule has 1 saturated heterocycles. The Balaban J connectivity index is 1.79. The number of carbonyl (C=O) groups excluding carboxylic acids is 4. The Labute approximate surface area is 224 Å². The van der Waals surface area contributed by atoms with Crippen LogP contribution in [0.15, 0.2) is 52.0 Å². The van der Waals surface area contributed by atoms with Crippen molar-refractivity contribution in [3.8, 4) is 5.75 Å². The van der Waals surface area contributed by atoms with E-state index in [0.29, 0.717) is 10.7 Å². The lowest BCUT2D eigenvalue weighted by atomic mass is 10.0. The molecule has 0 saturated carbocycles. The maximum atomic E-state index is 13.0. The van der Waals surface area contributed by atoms with E-state index in [9.17, 15) is 19.2 Å². The van der Waals surface area contributed by atoms with Gasteiger partial charge in [0.05, 0.1) is 0 Å². The van der Waals surface area contributed by atoms with Gasteiger partial charge in [-0.3, -0.25) is 19.3 Å². The third-order valence-corrected chi connectivity index (χ3v) is 6.64. The molecule has 0 radical (unpaired) electrons. The van der Waals surface area contributed by atoms with Gasteiger partial charge in [-0.15, -0.1) is 0 Å². The number of carbonyl (C=O) groups is 4. The van der Waals surface area contributed by atoms with Crippen LogP contribution in [0.3, 0.4) is 0 Å². The number of β-lactam (4-membered cyclic amide) rings is 1. The summed E-state index contributed by atoms with van der Waals surface area (Å²) in [6.07, 6.45) is 0. The van der Waals surface area contributed by atoms with Gasteiger partial charge in [0.2, 0.25) is 3.79 Å². The predicted molar refractivity (Wildman–Crippen MR) is 131 cm³/mol. The Morgan fingerprint density at radius 2 is 1.86 bits per heavy atom. The van der Waals surface area contributed by atoms with Crippen molar-refractivity contribution in [2.75, 3.05) is 19.8 Å². The molecule has 0 aliphatic carbocycles. The molecule has 9 nitrogen and oxygen atoms in total. The lowest BCUT2D eigenvalue weighted by Gasteiger charge is -2.50. The van der Waals surface area contributed by atoms with Gasteiger partial charge in [-0.05, 0) is 12.1 Å². The van der Waals surface area contributed by atoms with E-state index in [-0.39, 0.29) is 24.5 Å². The highest BCUT2D eigenvalue weighted by molar-refractivity contribution is 8.04. The number of benzene rings is 1. The fourth-order valence-corrected chi connectivity index (χ4v) is 4.84. The van der Waals surface area contributed by atoms with Crippen molar-refractivity contribution in [1.82, 2.24) is 10.2 Å². The van der Waals surface area contributed by atoms with Crippen molar-refractivity contribution in [3.05, 3.63) is 52.0 Å². The van der Waals surface area contributed by atoms with Crippen LogP contribution in [0, 0.1) is 0 Å². The number of hydrogen-bond acceptors (Lipinski definition) is 8. The van der Waals surface area contributed by atoms with Crippen LogP contribution in [0.4, 0.5) is 0 Å². The Hall–Kier alpha value is -2.11. The highest BCUT2D eigenvalue weighted by atomic mass is 35.6. The molecule has 188 valence electrons. The van der Waals surface area contributed by atoms with E-state index >= 15 is 0 Å². The number of nitrogens with zero attached hydrogens (tertiary/aromatic N) is 1. The van der Waals surface area contributed by atoms with E-state index < -0.39 is 45.6 Å². The molecule has 1 aromatic rings. The summed E-state index contributed by atoms with van der Waals surface area (Å²) in [5.41, 5.74) is 1.08. The summed E-state index contributed by atoms with van der Waals surface area (Å²) in [6, 6.07) is 7.69. The zero-order chi connectivity index (χ0) is 25.8. The Morgan fingerprint density at radius 1 is 1.17 bits per heavy atom. The average Bonchev–Trinajstić information content (AvgIpc) is 2.82. The van der Waals surface area contributed by atoms with Crippen molar-refractivity contribution in [2.45, 2.75) is 22.1 Å². The molecular weight excluding hydrogens is 566 g/mol. The van der Waals surface area contributed by atoms with E-state index in [4.69, 9.17) is 60.6 Å². The first-order valence-corrected chi connectivity index (χ1v) is 12.3. The fraction of sp³-hybridized carbons (Fsp3) is 0.333. The molecule has 2 heterocycles. The van der Waals surface area contributed by atoms with E-state index in [1.54, 1.807) is 30.3 Å². The standard InChI is InChI=1S/C21H18Cl4N2O7S/c1-11(28)32-8-13-14(7-22)35-19-16(26-15(29)9-33-12-5-3-2-4-6-12)18(30)27(19)17(13)20(31)34-10-21(23,24)25/h2-7,16,19H,8-10H2,1H3,(H,26,29)/t16?,19-/m1/s1. The molecule has 1 unspecified atom stereocenters. The Bertz CT molecular complexity index is 1080. The molecule has 3 rings (SSSR count). The summed E-state index contributed by atoms with van der Waals surface area (Å²) in [4.78, 5) is 51.1. The van der Waals surface area contributed by atoms with E-state index in [0.717, 1.165) is 16.7 Å².